The third-order valence-electron chi connectivity index (χ3n) is 5.10. The number of amides is 1. The molecule has 1 atom stereocenters. The van der Waals surface area contributed by atoms with Crippen LogP contribution in [0.5, 0.6) is 0 Å². The van der Waals surface area contributed by atoms with Gasteiger partial charge in [-0.05, 0) is 31.6 Å². The molecule has 0 radical (unpaired) electrons. The zero-order valence-electron chi connectivity index (χ0n) is 15.1. The van der Waals surface area contributed by atoms with E-state index >= 15 is 0 Å². The van der Waals surface area contributed by atoms with Gasteiger partial charge in [0.15, 0.2) is 0 Å². The van der Waals surface area contributed by atoms with Gasteiger partial charge in [0.1, 0.15) is 0 Å². The summed E-state index contributed by atoms with van der Waals surface area (Å²) in [6.07, 6.45) is 6.01. The number of piperidine rings is 1. The summed E-state index contributed by atoms with van der Waals surface area (Å²) in [5.41, 5.74) is 1.90. The van der Waals surface area contributed by atoms with Crippen LogP contribution in [0.2, 0.25) is 0 Å². The molecule has 1 aliphatic carbocycles. The maximum Gasteiger partial charge on any atom is 0.231 e. The fraction of sp³-hybridized carbons (Fsp3) is 0.667. The Morgan fingerprint density at radius 1 is 1.32 bits per heavy atom. The highest BCUT2D eigenvalue weighted by Crippen LogP contribution is 2.35. The van der Waals surface area contributed by atoms with Crippen molar-refractivity contribution >= 4 is 5.91 Å². The molecule has 0 N–H and O–H groups in total. The van der Waals surface area contributed by atoms with Crippen molar-refractivity contribution in [3.63, 3.8) is 0 Å². The molecule has 134 valence electrons. The zero-order valence-corrected chi connectivity index (χ0v) is 15.1. The molecule has 25 heavy (non-hydrogen) atoms. The summed E-state index contributed by atoms with van der Waals surface area (Å²) in [5.74, 6) is 2.23. The average Bonchev–Trinajstić information content (AvgIpc) is 3.19. The van der Waals surface area contributed by atoms with Crippen molar-refractivity contribution in [2.45, 2.75) is 51.4 Å². The molecule has 2 aliphatic rings. The van der Waals surface area contributed by atoms with Gasteiger partial charge in [-0.15, -0.1) is 0 Å². The van der Waals surface area contributed by atoms with Crippen LogP contribution in [0.4, 0.5) is 0 Å². The molecule has 1 unspecified atom stereocenters. The topological polar surface area (TPSA) is 77.0 Å². The summed E-state index contributed by atoms with van der Waals surface area (Å²) in [6, 6.07) is 0. The fourth-order valence-electron chi connectivity index (χ4n) is 3.58. The van der Waals surface area contributed by atoms with Gasteiger partial charge in [-0.2, -0.15) is 10.1 Å². The highest BCUT2D eigenvalue weighted by molar-refractivity contribution is 5.81. The summed E-state index contributed by atoms with van der Waals surface area (Å²) in [5, 5.41) is 8.70. The molecule has 0 bridgehead atoms. The first-order valence-corrected chi connectivity index (χ1v) is 9.19. The smallest absolute Gasteiger partial charge is 0.231 e. The fourth-order valence-corrected chi connectivity index (χ4v) is 3.58. The Hall–Kier alpha value is -2.18. The second-order valence-corrected chi connectivity index (χ2v) is 7.61. The van der Waals surface area contributed by atoms with E-state index < -0.39 is 0 Å². The van der Waals surface area contributed by atoms with Crippen molar-refractivity contribution in [1.82, 2.24) is 24.8 Å². The van der Waals surface area contributed by atoms with Gasteiger partial charge in [-0.3, -0.25) is 9.48 Å². The van der Waals surface area contributed by atoms with Crippen molar-refractivity contribution in [3.05, 3.63) is 17.8 Å². The Bertz CT molecular complexity index is 774. The van der Waals surface area contributed by atoms with Crippen LogP contribution in [0, 0.1) is 5.92 Å². The summed E-state index contributed by atoms with van der Waals surface area (Å²) in [7, 11) is 1.90. The zero-order chi connectivity index (χ0) is 17.6. The Kier molecular flexibility index (Phi) is 4.09. The molecule has 0 aromatic carbocycles. The van der Waals surface area contributed by atoms with Crippen LogP contribution in [-0.4, -0.2) is 43.8 Å². The van der Waals surface area contributed by atoms with E-state index in [9.17, 15) is 4.79 Å². The summed E-state index contributed by atoms with van der Waals surface area (Å²) in [4.78, 5) is 19.0. The molecule has 1 aliphatic heterocycles. The summed E-state index contributed by atoms with van der Waals surface area (Å²) in [6.45, 7) is 5.76. The number of nitrogens with zero attached hydrogens (tertiary/aromatic N) is 5. The lowest BCUT2D eigenvalue weighted by atomic mass is 9.97. The van der Waals surface area contributed by atoms with Gasteiger partial charge in [0, 0.05) is 32.3 Å². The number of hydrogen-bond acceptors (Lipinski definition) is 5. The minimum Gasteiger partial charge on any atom is -0.342 e. The van der Waals surface area contributed by atoms with E-state index in [-0.39, 0.29) is 11.8 Å². The Labute approximate surface area is 147 Å². The number of carbonyl (C=O) groups is 1. The van der Waals surface area contributed by atoms with Crippen LogP contribution in [-0.2, 0) is 11.8 Å². The first-order valence-electron chi connectivity index (χ1n) is 9.19. The lowest BCUT2D eigenvalue weighted by Crippen LogP contribution is -2.40. The lowest BCUT2D eigenvalue weighted by molar-refractivity contribution is -0.133. The summed E-state index contributed by atoms with van der Waals surface area (Å²) >= 11 is 0. The molecule has 7 nitrogen and oxygen atoms in total. The Balaban J connectivity index is 1.54. The maximum absolute atomic E-state index is 12.3. The predicted octanol–water partition coefficient (Wildman–Crippen LogP) is 2.71. The van der Waals surface area contributed by atoms with Crippen molar-refractivity contribution in [1.29, 1.82) is 0 Å². The quantitative estimate of drug-likeness (QED) is 0.853. The van der Waals surface area contributed by atoms with E-state index in [4.69, 9.17) is 4.52 Å². The van der Waals surface area contributed by atoms with Gasteiger partial charge >= 0.3 is 0 Å². The van der Waals surface area contributed by atoms with Gasteiger partial charge in [-0.25, -0.2) is 0 Å². The highest BCUT2D eigenvalue weighted by atomic mass is 16.5. The molecule has 1 amide bonds. The normalized spacial score (nSPS) is 21.1. The molecule has 0 spiro atoms. The third-order valence-corrected chi connectivity index (χ3v) is 5.10. The maximum atomic E-state index is 12.3. The van der Waals surface area contributed by atoms with Crippen LogP contribution < -0.4 is 0 Å². The second-order valence-electron chi connectivity index (χ2n) is 7.61. The van der Waals surface area contributed by atoms with Gasteiger partial charge in [-0.1, -0.05) is 19.0 Å². The minimum atomic E-state index is 0.136. The van der Waals surface area contributed by atoms with E-state index in [1.165, 1.54) is 0 Å². The van der Waals surface area contributed by atoms with Crippen LogP contribution >= 0.6 is 0 Å². The first kappa shape index (κ1) is 16.3. The third kappa shape index (κ3) is 3.19. The molecule has 2 aromatic rings. The van der Waals surface area contributed by atoms with Gasteiger partial charge in [0.2, 0.25) is 17.6 Å². The molecule has 1 saturated heterocycles. The van der Waals surface area contributed by atoms with E-state index in [1.807, 2.05) is 18.1 Å². The van der Waals surface area contributed by atoms with Crippen LogP contribution in [0.1, 0.15) is 63.0 Å². The van der Waals surface area contributed by atoms with E-state index in [1.54, 1.807) is 4.68 Å². The largest absolute Gasteiger partial charge is 0.342 e. The van der Waals surface area contributed by atoms with Crippen molar-refractivity contribution < 1.29 is 9.32 Å². The van der Waals surface area contributed by atoms with E-state index in [2.05, 4.69) is 29.1 Å². The molecular weight excluding hydrogens is 318 g/mol. The van der Waals surface area contributed by atoms with E-state index in [0.717, 1.165) is 43.5 Å². The minimum absolute atomic E-state index is 0.136. The number of aromatic nitrogens is 4. The first-order chi connectivity index (χ1) is 12.0. The number of likely N-dealkylation sites (tertiary alicyclic amines) is 1. The van der Waals surface area contributed by atoms with Gasteiger partial charge < -0.3 is 9.42 Å². The standard InChI is InChI=1S/C18H25N5O2/c1-11(2)15-14(10-22(3)20-15)16-19-17(25-21-16)13-5-4-8-23(9-13)18(24)12-6-7-12/h10-13H,4-9H2,1-3H3. The number of carbonyl (C=O) groups excluding carboxylic acids is 1. The lowest BCUT2D eigenvalue weighted by Gasteiger charge is -2.31. The molecule has 1 saturated carbocycles. The van der Waals surface area contributed by atoms with E-state index in [0.29, 0.717) is 30.1 Å². The molecule has 2 fully saturated rings. The van der Waals surface area contributed by atoms with Crippen LogP contribution in [0.15, 0.2) is 10.7 Å². The van der Waals surface area contributed by atoms with Crippen molar-refractivity contribution in [2.24, 2.45) is 13.0 Å². The summed E-state index contributed by atoms with van der Waals surface area (Å²) < 4.78 is 7.36. The van der Waals surface area contributed by atoms with Gasteiger partial charge in [0.25, 0.3) is 0 Å². The van der Waals surface area contributed by atoms with Crippen molar-refractivity contribution in [2.75, 3.05) is 13.1 Å². The highest BCUT2D eigenvalue weighted by Gasteiger charge is 2.36. The average molecular weight is 343 g/mol. The molecule has 2 aromatic heterocycles. The number of aryl methyl sites for hydroxylation is 1. The number of rotatable bonds is 4. The Morgan fingerprint density at radius 3 is 2.84 bits per heavy atom. The number of hydrogen-bond donors (Lipinski definition) is 0. The predicted molar refractivity (Wildman–Crippen MR) is 91.9 cm³/mol. The molecule has 4 rings (SSSR count). The monoisotopic (exact) mass is 343 g/mol. The molecule has 3 heterocycles. The Morgan fingerprint density at radius 2 is 2.12 bits per heavy atom. The SMILES string of the molecule is CC(C)c1nn(C)cc1-c1noc(C2CCCN(C(=O)C3CC3)C2)n1. The van der Waals surface area contributed by atoms with Crippen molar-refractivity contribution in [3.8, 4) is 11.4 Å². The molecular formula is C18H25N5O2. The second kappa shape index (κ2) is 6.28. The van der Waals surface area contributed by atoms with Crippen LogP contribution in [0.3, 0.4) is 0 Å². The van der Waals surface area contributed by atoms with Crippen LogP contribution in [0.25, 0.3) is 11.4 Å². The molecule has 7 heteroatoms. The van der Waals surface area contributed by atoms with Gasteiger partial charge in [0.05, 0.1) is 17.2 Å².